The number of amides is 4. The molecule has 2 atom stereocenters. The number of halogens is 2. The topological polar surface area (TPSA) is 184 Å². The molecule has 2 unspecified atom stereocenters. The van der Waals surface area contributed by atoms with Gasteiger partial charge in [0.2, 0.25) is 11.8 Å². The molecule has 5 aliphatic rings. The van der Waals surface area contributed by atoms with E-state index in [2.05, 4.69) is 30.4 Å². The number of nitriles is 1. The van der Waals surface area contributed by atoms with Crippen molar-refractivity contribution in [3.8, 4) is 11.8 Å². The van der Waals surface area contributed by atoms with Gasteiger partial charge in [-0.3, -0.25) is 34.3 Å². The van der Waals surface area contributed by atoms with Gasteiger partial charge in [0.25, 0.3) is 11.8 Å². The highest BCUT2D eigenvalue weighted by Crippen LogP contribution is 2.39. The standard InChI is InChI=1S/C41H45ClFN9O6/c42-31-17-28(4-1-25(31)20-44)58-27-5-2-26(3-6-27)47-38(54)33-21-46-36(22-45-33)51-11-9-24(10-12-51)23-49-13-15-50(16-14-49)35-19-30-29(18-32(35)43)40(56)52(41(30)57)34-7-8-37(53)48-39(34)55/h1,4,17-19,21-22,24,26-27,34,41,57H,2-3,5-16,23H2,(H,47,54)(H,48,53,55)/t26-,27-,34?,41?. The number of aliphatic hydroxyl groups is 1. The van der Waals surface area contributed by atoms with Crippen molar-refractivity contribution in [1.29, 1.82) is 5.26 Å². The highest BCUT2D eigenvalue weighted by Gasteiger charge is 2.45. The summed E-state index contributed by atoms with van der Waals surface area (Å²) in [4.78, 5) is 66.8. The molecular weight excluding hydrogens is 769 g/mol. The number of benzene rings is 2. The van der Waals surface area contributed by atoms with Crippen LogP contribution in [0.3, 0.4) is 0 Å². The fourth-order valence-corrected chi connectivity index (χ4v) is 9.01. The number of nitrogens with one attached hydrogen (secondary N) is 2. The Morgan fingerprint density at radius 3 is 2.40 bits per heavy atom. The van der Waals surface area contributed by atoms with Gasteiger partial charge >= 0.3 is 0 Å². The number of aliphatic hydroxyl groups excluding tert-OH is 1. The Bertz CT molecular complexity index is 2110. The van der Waals surface area contributed by atoms with Gasteiger partial charge in [-0.1, -0.05) is 11.6 Å². The summed E-state index contributed by atoms with van der Waals surface area (Å²) >= 11 is 6.14. The van der Waals surface area contributed by atoms with Crippen molar-refractivity contribution >= 4 is 46.7 Å². The number of hydrogen-bond donors (Lipinski definition) is 3. The monoisotopic (exact) mass is 813 g/mol. The van der Waals surface area contributed by atoms with E-state index >= 15 is 4.39 Å². The average molecular weight is 814 g/mol. The van der Waals surface area contributed by atoms with Crippen molar-refractivity contribution in [2.24, 2.45) is 5.92 Å². The third kappa shape index (κ3) is 8.29. The maximum Gasteiger partial charge on any atom is 0.271 e. The molecule has 4 aliphatic heterocycles. The molecule has 8 rings (SSSR count). The highest BCUT2D eigenvalue weighted by molar-refractivity contribution is 6.31. The van der Waals surface area contributed by atoms with Gasteiger partial charge in [-0.05, 0) is 75.1 Å². The maximum absolute atomic E-state index is 15.4. The zero-order valence-corrected chi connectivity index (χ0v) is 32.7. The number of aromatic nitrogens is 2. The van der Waals surface area contributed by atoms with Gasteiger partial charge in [0.05, 0.1) is 40.3 Å². The third-order valence-corrected chi connectivity index (χ3v) is 12.4. The summed E-state index contributed by atoms with van der Waals surface area (Å²) in [5, 5.41) is 25.8. The SMILES string of the molecule is N#Cc1ccc(O[C@H]2CC[C@H](NC(=O)c3cnc(N4CCC(CN5CCN(c6cc7c(cc6F)C(=O)N(C6CCC(=O)NC6=O)C7O)CC5)CC4)cn3)CC2)cc1Cl. The Balaban J connectivity index is 0.763. The zero-order chi connectivity index (χ0) is 40.5. The lowest BCUT2D eigenvalue weighted by Gasteiger charge is -2.40. The first kappa shape index (κ1) is 39.5. The second kappa shape index (κ2) is 16.8. The summed E-state index contributed by atoms with van der Waals surface area (Å²) in [5.41, 5.74) is 1.29. The van der Waals surface area contributed by atoms with E-state index < -0.39 is 35.8 Å². The Morgan fingerprint density at radius 2 is 1.72 bits per heavy atom. The fraction of sp³-hybridized carbons (Fsp3) is 0.488. The lowest BCUT2D eigenvalue weighted by Crippen LogP contribution is -2.53. The number of nitrogens with zero attached hydrogens (tertiary/aromatic N) is 7. The van der Waals surface area contributed by atoms with E-state index in [1.165, 1.54) is 12.3 Å². The largest absolute Gasteiger partial charge is 0.490 e. The number of piperidine rings is 2. The molecule has 3 N–H and O–H groups in total. The van der Waals surface area contributed by atoms with E-state index in [0.29, 0.717) is 41.0 Å². The number of imide groups is 1. The molecular formula is C41H45ClFN9O6. The normalized spacial score (nSPS) is 24.3. The number of carbonyl (C=O) groups is 4. The third-order valence-electron chi connectivity index (χ3n) is 12.1. The van der Waals surface area contributed by atoms with E-state index in [1.54, 1.807) is 24.4 Å². The molecule has 304 valence electrons. The van der Waals surface area contributed by atoms with E-state index in [1.807, 2.05) is 11.0 Å². The van der Waals surface area contributed by atoms with Crippen LogP contribution in [0.2, 0.25) is 5.02 Å². The molecule has 15 nitrogen and oxygen atoms in total. The summed E-state index contributed by atoms with van der Waals surface area (Å²) in [5.74, 6) is -0.640. The molecule has 0 radical (unpaired) electrons. The average Bonchev–Trinajstić information content (AvgIpc) is 3.46. The summed E-state index contributed by atoms with van der Waals surface area (Å²) in [6.07, 6.45) is 7.01. The van der Waals surface area contributed by atoms with Crippen LogP contribution in [0.4, 0.5) is 15.9 Å². The first-order valence-corrected chi connectivity index (χ1v) is 20.3. The van der Waals surface area contributed by atoms with Crippen LogP contribution in [-0.4, -0.2) is 113 Å². The minimum absolute atomic E-state index is 0.00766. The van der Waals surface area contributed by atoms with Crippen LogP contribution >= 0.6 is 11.6 Å². The van der Waals surface area contributed by atoms with Crippen LogP contribution in [-0.2, 0) is 9.59 Å². The molecule has 5 heterocycles. The molecule has 1 aromatic heterocycles. The molecule has 1 aliphatic carbocycles. The Labute approximate surface area is 340 Å². The Kier molecular flexibility index (Phi) is 11.5. The van der Waals surface area contributed by atoms with Crippen LogP contribution in [0.5, 0.6) is 5.75 Å². The lowest BCUT2D eigenvalue weighted by molar-refractivity contribution is -0.139. The van der Waals surface area contributed by atoms with E-state index in [9.17, 15) is 24.3 Å². The molecule has 0 bridgehead atoms. The first-order valence-electron chi connectivity index (χ1n) is 19.9. The van der Waals surface area contributed by atoms with Crippen molar-refractivity contribution in [3.63, 3.8) is 0 Å². The van der Waals surface area contributed by atoms with E-state index in [-0.39, 0.29) is 47.7 Å². The van der Waals surface area contributed by atoms with Crippen LogP contribution < -0.4 is 25.2 Å². The van der Waals surface area contributed by atoms with Gasteiger partial charge in [0.1, 0.15) is 35.2 Å². The van der Waals surface area contributed by atoms with Gasteiger partial charge in [-0.2, -0.15) is 5.26 Å². The smallest absolute Gasteiger partial charge is 0.271 e. The second-order valence-electron chi connectivity index (χ2n) is 15.7. The summed E-state index contributed by atoms with van der Waals surface area (Å²) in [6, 6.07) is 8.79. The quantitative estimate of drug-likeness (QED) is 0.268. The van der Waals surface area contributed by atoms with Gasteiger partial charge in [0.15, 0.2) is 6.23 Å². The highest BCUT2D eigenvalue weighted by atomic mass is 35.5. The van der Waals surface area contributed by atoms with Crippen LogP contribution in [0.1, 0.15) is 89.6 Å². The van der Waals surface area contributed by atoms with E-state index in [0.717, 1.165) is 88.0 Å². The molecule has 1 saturated carbocycles. The molecule has 3 aromatic rings. The van der Waals surface area contributed by atoms with Crippen molar-refractivity contribution in [3.05, 3.63) is 75.9 Å². The lowest BCUT2D eigenvalue weighted by atomic mass is 9.93. The summed E-state index contributed by atoms with van der Waals surface area (Å²) in [7, 11) is 0. The van der Waals surface area contributed by atoms with Gasteiger partial charge in [-0.15, -0.1) is 0 Å². The van der Waals surface area contributed by atoms with Crippen molar-refractivity contribution < 1.29 is 33.4 Å². The number of piperazine rings is 1. The molecule has 2 aromatic carbocycles. The molecule has 4 fully saturated rings. The summed E-state index contributed by atoms with van der Waals surface area (Å²) in [6.45, 7) is 5.19. The number of carbonyl (C=O) groups excluding carboxylic acids is 4. The molecule has 0 spiro atoms. The number of rotatable bonds is 9. The zero-order valence-electron chi connectivity index (χ0n) is 31.9. The van der Waals surface area contributed by atoms with E-state index in [4.69, 9.17) is 21.6 Å². The minimum Gasteiger partial charge on any atom is -0.490 e. The molecule has 4 amide bonds. The fourth-order valence-electron chi connectivity index (χ4n) is 8.80. The Hall–Kier alpha value is -5.37. The summed E-state index contributed by atoms with van der Waals surface area (Å²) < 4.78 is 21.5. The molecule has 17 heteroatoms. The number of hydrogen-bond acceptors (Lipinski definition) is 12. The predicted octanol–water partition coefficient (Wildman–Crippen LogP) is 3.55. The van der Waals surface area contributed by atoms with Crippen molar-refractivity contribution in [2.75, 3.05) is 55.6 Å². The number of fused-ring (bicyclic) bond motifs is 1. The maximum atomic E-state index is 15.4. The number of ether oxygens (including phenoxy) is 1. The molecule has 3 saturated heterocycles. The van der Waals surface area contributed by atoms with Crippen LogP contribution in [0.15, 0.2) is 42.7 Å². The van der Waals surface area contributed by atoms with Crippen molar-refractivity contribution in [2.45, 2.75) is 75.8 Å². The van der Waals surface area contributed by atoms with Gasteiger partial charge in [0, 0.05) is 69.9 Å². The van der Waals surface area contributed by atoms with Crippen molar-refractivity contribution in [1.82, 2.24) is 30.4 Å². The van der Waals surface area contributed by atoms with Crippen LogP contribution in [0.25, 0.3) is 0 Å². The molecule has 58 heavy (non-hydrogen) atoms. The minimum atomic E-state index is -1.41. The second-order valence-corrected chi connectivity index (χ2v) is 16.1. The predicted molar refractivity (Wildman–Crippen MR) is 210 cm³/mol. The van der Waals surface area contributed by atoms with Gasteiger partial charge < -0.3 is 25.0 Å². The van der Waals surface area contributed by atoms with Gasteiger partial charge in [-0.25, -0.2) is 14.4 Å². The first-order chi connectivity index (χ1) is 28.0. The van der Waals surface area contributed by atoms with Crippen LogP contribution in [0, 0.1) is 23.1 Å². The Morgan fingerprint density at radius 1 is 0.966 bits per heavy atom. The number of anilines is 2.